The van der Waals surface area contributed by atoms with E-state index in [2.05, 4.69) is 69.5 Å². The molecule has 0 bridgehead atoms. The first-order chi connectivity index (χ1) is 13.3. The molecule has 1 aromatic heterocycles. The monoisotopic (exact) mass is 359 g/mol. The number of nitrogens with one attached hydrogen (secondary N) is 1. The standard InChI is InChI=1S/C22H25N5/c1-18-7-5-6-10-20(18)24-21-11-12-23-22(25-21)27-15-13-26(14-16-27)17-19-8-3-2-4-9-19/h2-12H,13-17H2,1H3,(H,23,24,25). The highest BCUT2D eigenvalue weighted by atomic mass is 15.3. The van der Waals surface area contributed by atoms with E-state index in [1.165, 1.54) is 11.1 Å². The average Bonchev–Trinajstić information content (AvgIpc) is 2.71. The number of hydrogen-bond donors (Lipinski definition) is 1. The molecular weight excluding hydrogens is 334 g/mol. The van der Waals surface area contributed by atoms with Gasteiger partial charge in [-0.2, -0.15) is 4.98 Å². The molecule has 1 aliphatic rings. The van der Waals surface area contributed by atoms with Gasteiger partial charge in [0.25, 0.3) is 0 Å². The lowest BCUT2D eigenvalue weighted by Crippen LogP contribution is -2.46. The molecule has 1 fully saturated rings. The predicted octanol–water partition coefficient (Wildman–Crippen LogP) is 3.85. The van der Waals surface area contributed by atoms with Gasteiger partial charge in [-0.25, -0.2) is 4.98 Å². The van der Waals surface area contributed by atoms with Gasteiger partial charge in [-0.3, -0.25) is 4.90 Å². The molecule has 4 rings (SSSR count). The molecule has 0 atom stereocenters. The van der Waals surface area contributed by atoms with Crippen molar-refractivity contribution in [2.45, 2.75) is 13.5 Å². The molecule has 5 nitrogen and oxygen atoms in total. The maximum atomic E-state index is 4.73. The Morgan fingerprint density at radius 2 is 1.63 bits per heavy atom. The van der Waals surface area contributed by atoms with Crippen LogP contribution in [-0.4, -0.2) is 41.0 Å². The summed E-state index contributed by atoms with van der Waals surface area (Å²) in [4.78, 5) is 14.0. The minimum Gasteiger partial charge on any atom is -0.340 e. The van der Waals surface area contributed by atoms with E-state index in [0.29, 0.717) is 0 Å². The first-order valence-corrected chi connectivity index (χ1v) is 9.45. The van der Waals surface area contributed by atoms with E-state index < -0.39 is 0 Å². The second-order valence-corrected chi connectivity index (χ2v) is 6.93. The number of nitrogens with zero attached hydrogens (tertiary/aromatic N) is 4. The van der Waals surface area contributed by atoms with Crippen molar-refractivity contribution < 1.29 is 0 Å². The van der Waals surface area contributed by atoms with Gasteiger partial charge in [0.15, 0.2) is 0 Å². The Hall–Kier alpha value is -2.92. The highest BCUT2D eigenvalue weighted by Crippen LogP contribution is 2.20. The number of piperazine rings is 1. The Balaban J connectivity index is 1.38. The number of aromatic nitrogens is 2. The molecule has 0 saturated carbocycles. The molecule has 138 valence electrons. The van der Waals surface area contributed by atoms with Gasteiger partial charge in [0.1, 0.15) is 5.82 Å². The number of aryl methyl sites for hydroxylation is 1. The van der Waals surface area contributed by atoms with Crippen LogP contribution in [0.3, 0.4) is 0 Å². The average molecular weight is 359 g/mol. The van der Waals surface area contributed by atoms with Crippen molar-refractivity contribution in [3.05, 3.63) is 78.0 Å². The summed E-state index contributed by atoms with van der Waals surface area (Å²) in [7, 11) is 0. The topological polar surface area (TPSA) is 44.3 Å². The van der Waals surface area contributed by atoms with Gasteiger partial charge in [0, 0.05) is 44.6 Å². The minimum absolute atomic E-state index is 0.799. The zero-order valence-corrected chi connectivity index (χ0v) is 15.7. The Morgan fingerprint density at radius 1 is 0.889 bits per heavy atom. The zero-order valence-electron chi connectivity index (χ0n) is 15.7. The van der Waals surface area contributed by atoms with Crippen molar-refractivity contribution >= 4 is 17.5 Å². The Bertz CT molecular complexity index is 873. The van der Waals surface area contributed by atoms with Gasteiger partial charge < -0.3 is 10.2 Å². The second-order valence-electron chi connectivity index (χ2n) is 6.93. The van der Waals surface area contributed by atoms with E-state index >= 15 is 0 Å². The summed E-state index contributed by atoms with van der Waals surface area (Å²) < 4.78 is 0. The third-order valence-corrected chi connectivity index (χ3v) is 4.95. The summed E-state index contributed by atoms with van der Waals surface area (Å²) in [6.07, 6.45) is 1.83. The first-order valence-electron chi connectivity index (χ1n) is 9.45. The van der Waals surface area contributed by atoms with E-state index in [1.54, 1.807) is 0 Å². The number of rotatable bonds is 5. The number of anilines is 3. The van der Waals surface area contributed by atoms with Crippen LogP contribution >= 0.6 is 0 Å². The predicted molar refractivity (Wildman–Crippen MR) is 110 cm³/mol. The summed E-state index contributed by atoms with van der Waals surface area (Å²) in [5, 5.41) is 3.40. The summed E-state index contributed by atoms with van der Waals surface area (Å²) in [6, 6.07) is 20.8. The third-order valence-electron chi connectivity index (χ3n) is 4.95. The lowest BCUT2D eigenvalue weighted by Gasteiger charge is -2.34. The molecule has 2 aromatic carbocycles. The van der Waals surface area contributed by atoms with Gasteiger partial charge >= 0.3 is 0 Å². The van der Waals surface area contributed by atoms with Gasteiger partial charge in [0.05, 0.1) is 0 Å². The van der Waals surface area contributed by atoms with Crippen LogP contribution in [0, 0.1) is 6.92 Å². The summed E-state index contributed by atoms with van der Waals surface area (Å²) in [5.41, 5.74) is 3.65. The lowest BCUT2D eigenvalue weighted by molar-refractivity contribution is 0.248. The number of benzene rings is 2. The van der Waals surface area contributed by atoms with Gasteiger partial charge in [-0.1, -0.05) is 48.5 Å². The smallest absolute Gasteiger partial charge is 0.227 e. The largest absolute Gasteiger partial charge is 0.340 e. The molecule has 5 heteroatoms. The second kappa shape index (κ2) is 8.18. The fourth-order valence-corrected chi connectivity index (χ4v) is 3.37. The molecule has 0 unspecified atom stereocenters. The Kier molecular flexibility index (Phi) is 5.30. The first kappa shape index (κ1) is 17.5. The van der Waals surface area contributed by atoms with Crippen LogP contribution in [0.2, 0.25) is 0 Å². The maximum absolute atomic E-state index is 4.73. The van der Waals surface area contributed by atoms with E-state index in [-0.39, 0.29) is 0 Å². The highest BCUT2D eigenvalue weighted by molar-refractivity contribution is 5.60. The molecule has 1 saturated heterocycles. The van der Waals surface area contributed by atoms with Crippen molar-refractivity contribution in [2.24, 2.45) is 0 Å². The van der Waals surface area contributed by atoms with Crippen LogP contribution in [0.15, 0.2) is 66.9 Å². The molecule has 1 aliphatic heterocycles. The fraction of sp³-hybridized carbons (Fsp3) is 0.273. The van der Waals surface area contributed by atoms with E-state index in [9.17, 15) is 0 Å². The summed E-state index contributed by atoms with van der Waals surface area (Å²) in [6.45, 7) is 7.03. The quantitative estimate of drug-likeness (QED) is 0.750. The molecule has 0 aliphatic carbocycles. The van der Waals surface area contributed by atoms with E-state index in [1.807, 2.05) is 24.4 Å². The van der Waals surface area contributed by atoms with Crippen LogP contribution in [0.5, 0.6) is 0 Å². The van der Waals surface area contributed by atoms with Crippen LogP contribution in [0.25, 0.3) is 0 Å². The molecular formula is C22H25N5. The van der Waals surface area contributed by atoms with Crippen molar-refractivity contribution in [2.75, 3.05) is 36.4 Å². The van der Waals surface area contributed by atoms with Crippen molar-refractivity contribution in [1.82, 2.24) is 14.9 Å². The number of para-hydroxylation sites is 1. The molecule has 0 spiro atoms. The van der Waals surface area contributed by atoms with Gasteiger partial charge in [0.2, 0.25) is 5.95 Å². The fourth-order valence-electron chi connectivity index (χ4n) is 3.37. The van der Waals surface area contributed by atoms with Crippen molar-refractivity contribution in [3.63, 3.8) is 0 Å². The molecule has 0 amide bonds. The third kappa shape index (κ3) is 4.44. The van der Waals surface area contributed by atoms with Gasteiger partial charge in [-0.05, 0) is 30.2 Å². The van der Waals surface area contributed by atoms with Crippen molar-refractivity contribution in [3.8, 4) is 0 Å². The maximum Gasteiger partial charge on any atom is 0.227 e. The highest BCUT2D eigenvalue weighted by Gasteiger charge is 2.19. The van der Waals surface area contributed by atoms with Crippen LogP contribution in [0.1, 0.15) is 11.1 Å². The molecule has 2 heterocycles. The minimum atomic E-state index is 0.799. The summed E-state index contributed by atoms with van der Waals surface area (Å²) >= 11 is 0. The Morgan fingerprint density at radius 3 is 2.41 bits per heavy atom. The van der Waals surface area contributed by atoms with Crippen LogP contribution in [0.4, 0.5) is 17.5 Å². The van der Waals surface area contributed by atoms with Crippen LogP contribution < -0.4 is 10.2 Å². The Labute approximate surface area is 160 Å². The van der Waals surface area contributed by atoms with Crippen molar-refractivity contribution in [1.29, 1.82) is 0 Å². The van der Waals surface area contributed by atoms with E-state index in [4.69, 9.17) is 4.98 Å². The molecule has 3 aromatic rings. The van der Waals surface area contributed by atoms with Crippen LogP contribution in [-0.2, 0) is 6.54 Å². The molecule has 0 radical (unpaired) electrons. The molecule has 1 N–H and O–H groups in total. The number of hydrogen-bond acceptors (Lipinski definition) is 5. The summed E-state index contributed by atoms with van der Waals surface area (Å²) in [5.74, 6) is 1.63. The van der Waals surface area contributed by atoms with Gasteiger partial charge in [-0.15, -0.1) is 0 Å². The normalized spacial score (nSPS) is 14.9. The molecule has 27 heavy (non-hydrogen) atoms. The zero-order chi connectivity index (χ0) is 18.5. The SMILES string of the molecule is Cc1ccccc1Nc1ccnc(N2CCN(Cc3ccccc3)CC2)n1. The van der Waals surface area contributed by atoms with E-state index in [0.717, 1.165) is 50.2 Å². The lowest BCUT2D eigenvalue weighted by atomic mass is 10.2.